The molecule has 1 amide bonds. The van der Waals surface area contributed by atoms with Crippen molar-refractivity contribution >= 4 is 39.8 Å². The number of hydrogen-bond donors (Lipinski definition) is 0. The predicted octanol–water partition coefficient (Wildman–Crippen LogP) is 2.55. The van der Waals surface area contributed by atoms with Gasteiger partial charge in [-0.05, 0) is 36.2 Å². The van der Waals surface area contributed by atoms with Crippen LogP contribution in [0.5, 0.6) is 0 Å². The Morgan fingerprint density at radius 2 is 2.07 bits per heavy atom. The van der Waals surface area contributed by atoms with Gasteiger partial charge in [-0.15, -0.1) is 0 Å². The van der Waals surface area contributed by atoms with Crippen molar-refractivity contribution in [1.29, 1.82) is 0 Å². The lowest BCUT2D eigenvalue weighted by molar-refractivity contribution is -0.384. The van der Waals surface area contributed by atoms with Crippen molar-refractivity contribution in [2.75, 3.05) is 11.4 Å². The second kappa shape index (κ2) is 6.48. The standard InChI is InChI=1S/C18H13ClN4O4/c19-12-1-3-15-14(8-12)18(25)21(10-20-15)9-17(24)22-6-5-11-7-13(23(26)27)2-4-16(11)22/h1-4,7-8,10H,5-6,9H2. The van der Waals surface area contributed by atoms with Crippen molar-refractivity contribution < 1.29 is 9.72 Å². The molecule has 9 heteroatoms. The highest BCUT2D eigenvalue weighted by Crippen LogP contribution is 2.31. The smallest absolute Gasteiger partial charge is 0.269 e. The van der Waals surface area contributed by atoms with Crippen LogP contribution in [-0.4, -0.2) is 26.9 Å². The molecule has 0 fully saturated rings. The number of anilines is 1. The molecule has 0 unspecified atom stereocenters. The molecule has 0 spiro atoms. The highest BCUT2D eigenvalue weighted by molar-refractivity contribution is 6.31. The first-order valence-electron chi connectivity index (χ1n) is 8.16. The van der Waals surface area contributed by atoms with Crippen LogP contribution in [0.1, 0.15) is 5.56 Å². The van der Waals surface area contributed by atoms with E-state index >= 15 is 0 Å². The van der Waals surface area contributed by atoms with Gasteiger partial charge in [-0.2, -0.15) is 0 Å². The molecule has 1 aliphatic heterocycles. The Kier molecular flexibility index (Phi) is 4.12. The lowest BCUT2D eigenvalue weighted by Crippen LogP contribution is -2.35. The van der Waals surface area contributed by atoms with Crippen LogP contribution in [0.3, 0.4) is 0 Å². The molecule has 4 rings (SSSR count). The van der Waals surface area contributed by atoms with Gasteiger partial charge in [-0.25, -0.2) is 4.98 Å². The normalized spacial score (nSPS) is 13.0. The Hall–Kier alpha value is -3.26. The molecule has 0 N–H and O–H groups in total. The molecule has 0 atom stereocenters. The minimum absolute atomic E-state index is 0.00474. The van der Waals surface area contributed by atoms with Gasteiger partial charge in [0, 0.05) is 29.4 Å². The number of rotatable bonds is 3. The summed E-state index contributed by atoms with van der Waals surface area (Å²) in [6.45, 7) is 0.238. The van der Waals surface area contributed by atoms with Crippen LogP contribution < -0.4 is 10.5 Å². The average Bonchev–Trinajstić information content (AvgIpc) is 3.07. The number of nitro groups is 1. The van der Waals surface area contributed by atoms with Gasteiger partial charge < -0.3 is 4.90 Å². The number of carbonyl (C=O) groups excluding carboxylic acids is 1. The summed E-state index contributed by atoms with van der Waals surface area (Å²) < 4.78 is 1.24. The van der Waals surface area contributed by atoms with Gasteiger partial charge in [0.25, 0.3) is 11.2 Å². The molecule has 2 heterocycles. The first kappa shape index (κ1) is 17.2. The third kappa shape index (κ3) is 3.04. The summed E-state index contributed by atoms with van der Waals surface area (Å²) >= 11 is 5.94. The van der Waals surface area contributed by atoms with E-state index in [2.05, 4.69) is 4.98 Å². The third-order valence-corrected chi connectivity index (χ3v) is 4.80. The molecular formula is C18H13ClN4O4. The zero-order valence-electron chi connectivity index (χ0n) is 14.0. The maximum Gasteiger partial charge on any atom is 0.269 e. The largest absolute Gasteiger partial charge is 0.310 e. The van der Waals surface area contributed by atoms with Crippen molar-refractivity contribution in [2.24, 2.45) is 0 Å². The van der Waals surface area contributed by atoms with E-state index in [0.717, 1.165) is 5.56 Å². The second-order valence-corrected chi connectivity index (χ2v) is 6.64. The number of nitrogens with zero attached hydrogens (tertiary/aromatic N) is 4. The van der Waals surface area contributed by atoms with Gasteiger partial charge >= 0.3 is 0 Å². The molecule has 1 aromatic heterocycles. The molecule has 0 saturated heterocycles. The van der Waals surface area contributed by atoms with Crippen LogP contribution in [0, 0.1) is 10.1 Å². The zero-order chi connectivity index (χ0) is 19.1. The highest BCUT2D eigenvalue weighted by atomic mass is 35.5. The van der Waals surface area contributed by atoms with E-state index in [9.17, 15) is 19.7 Å². The third-order valence-electron chi connectivity index (χ3n) is 4.56. The van der Waals surface area contributed by atoms with Gasteiger partial charge in [-0.3, -0.25) is 24.3 Å². The van der Waals surface area contributed by atoms with Crippen molar-refractivity contribution in [1.82, 2.24) is 9.55 Å². The number of aromatic nitrogens is 2. The van der Waals surface area contributed by atoms with Crippen LogP contribution in [-0.2, 0) is 17.8 Å². The van der Waals surface area contributed by atoms with Gasteiger partial charge in [0.1, 0.15) is 6.54 Å². The highest BCUT2D eigenvalue weighted by Gasteiger charge is 2.26. The summed E-state index contributed by atoms with van der Waals surface area (Å²) in [5.74, 6) is -0.284. The van der Waals surface area contributed by atoms with Gasteiger partial charge in [0.05, 0.1) is 22.2 Å². The SMILES string of the molecule is O=C(Cn1cnc2ccc(Cl)cc2c1=O)N1CCc2cc([N+](=O)[O-])ccc21. The maximum atomic E-state index is 12.7. The lowest BCUT2D eigenvalue weighted by Gasteiger charge is -2.18. The van der Waals surface area contributed by atoms with Crippen molar-refractivity contribution in [3.05, 3.63) is 73.8 Å². The summed E-state index contributed by atoms with van der Waals surface area (Å²) in [6, 6.07) is 9.24. The second-order valence-electron chi connectivity index (χ2n) is 6.20. The lowest BCUT2D eigenvalue weighted by atomic mass is 10.1. The molecule has 8 nitrogen and oxygen atoms in total. The van der Waals surface area contributed by atoms with E-state index in [1.807, 2.05) is 0 Å². The van der Waals surface area contributed by atoms with Crippen LogP contribution in [0.4, 0.5) is 11.4 Å². The quantitative estimate of drug-likeness (QED) is 0.510. The van der Waals surface area contributed by atoms with Crippen molar-refractivity contribution in [3.63, 3.8) is 0 Å². The van der Waals surface area contributed by atoms with E-state index in [4.69, 9.17) is 11.6 Å². The number of halogens is 1. The number of hydrogen-bond acceptors (Lipinski definition) is 5. The zero-order valence-corrected chi connectivity index (χ0v) is 14.7. The number of carbonyl (C=O) groups is 1. The number of non-ortho nitro benzene ring substituents is 1. The molecule has 3 aromatic rings. The van der Waals surface area contributed by atoms with E-state index in [1.165, 1.54) is 34.0 Å². The molecule has 0 aliphatic carbocycles. The molecule has 27 heavy (non-hydrogen) atoms. The van der Waals surface area contributed by atoms with E-state index < -0.39 is 4.92 Å². The first-order valence-corrected chi connectivity index (χ1v) is 8.54. The Bertz CT molecular complexity index is 1160. The molecule has 1 aliphatic rings. The molecule has 0 saturated carbocycles. The minimum atomic E-state index is -0.462. The van der Waals surface area contributed by atoms with E-state index in [1.54, 1.807) is 18.2 Å². The summed E-state index contributed by atoms with van der Waals surface area (Å²) in [4.78, 5) is 41.5. The Labute approximate surface area is 157 Å². The Morgan fingerprint density at radius 3 is 2.85 bits per heavy atom. The molecule has 0 bridgehead atoms. The first-order chi connectivity index (χ1) is 12.9. The summed E-state index contributed by atoms with van der Waals surface area (Å²) in [5, 5.41) is 11.7. The van der Waals surface area contributed by atoms with Gasteiger partial charge in [-0.1, -0.05) is 11.6 Å². The summed E-state index contributed by atoms with van der Waals surface area (Å²) in [5.41, 5.74) is 1.53. The maximum absolute atomic E-state index is 12.7. The number of benzene rings is 2. The van der Waals surface area contributed by atoms with Gasteiger partial charge in [0.2, 0.25) is 5.91 Å². The summed E-state index contributed by atoms with van der Waals surface area (Å²) in [6.07, 6.45) is 1.87. The van der Waals surface area contributed by atoms with E-state index in [-0.39, 0.29) is 23.7 Å². The molecule has 2 aromatic carbocycles. The van der Waals surface area contributed by atoms with Crippen LogP contribution in [0.2, 0.25) is 5.02 Å². The number of nitro benzene ring substituents is 1. The molecule has 136 valence electrons. The molecular weight excluding hydrogens is 372 g/mol. The molecule has 0 radical (unpaired) electrons. The van der Waals surface area contributed by atoms with E-state index in [0.29, 0.717) is 34.6 Å². The topological polar surface area (TPSA) is 98.3 Å². The monoisotopic (exact) mass is 384 g/mol. The van der Waals surface area contributed by atoms with Crippen LogP contribution >= 0.6 is 11.6 Å². The Balaban J connectivity index is 1.63. The fraction of sp³-hybridized carbons (Fsp3) is 0.167. The predicted molar refractivity (Wildman–Crippen MR) is 100 cm³/mol. The minimum Gasteiger partial charge on any atom is -0.310 e. The fourth-order valence-corrected chi connectivity index (χ4v) is 3.41. The van der Waals surface area contributed by atoms with Crippen molar-refractivity contribution in [3.8, 4) is 0 Å². The number of amides is 1. The van der Waals surface area contributed by atoms with Crippen molar-refractivity contribution in [2.45, 2.75) is 13.0 Å². The fourth-order valence-electron chi connectivity index (χ4n) is 3.24. The summed E-state index contributed by atoms with van der Waals surface area (Å²) in [7, 11) is 0. The van der Waals surface area contributed by atoms with Gasteiger partial charge in [0.15, 0.2) is 0 Å². The van der Waals surface area contributed by atoms with Crippen LogP contribution in [0.15, 0.2) is 47.5 Å². The average molecular weight is 385 g/mol. The Morgan fingerprint density at radius 1 is 1.26 bits per heavy atom. The number of fused-ring (bicyclic) bond motifs is 2. The van der Waals surface area contributed by atoms with Crippen LogP contribution in [0.25, 0.3) is 10.9 Å².